The second-order valence-corrected chi connectivity index (χ2v) is 4.96. The Morgan fingerprint density at radius 2 is 1.89 bits per heavy atom. The number of urea groups is 1. The SMILES string of the molecule is Cl.N#CC1CCCN1C(=O)N(N)C1CCCCC1. The van der Waals surface area contributed by atoms with E-state index >= 15 is 0 Å². The van der Waals surface area contributed by atoms with E-state index in [9.17, 15) is 4.79 Å². The standard InChI is InChI=1S/C12H20N4O.ClH/c13-9-11-7-4-8-15(11)12(17)16(14)10-5-2-1-3-6-10;/h10-11H,1-8,14H2;1H. The van der Waals surface area contributed by atoms with E-state index in [0.29, 0.717) is 6.54 Å². The summed E-state index contributed by atoms with van der Waals surface area (Å²) >= 11 is 0. The summed E-state index contributed by atoms with van der Waals surface area (Å²) in [6.07, 6.45) is 7.20. The van der Waals surface area contributed by atoms with Crippen molar-refractivity contribution in [1.82, 2.24) is 9.91 Å². The summed E-state index contributed by atoms with van der Waals surface area (Å²) < 4.78 is 0. The maximum Gasteiger partial charge on any atom is 0.335 e. The first-order chi connectivity index (χ1) is 8.24. The molecule has 0 radical (unpaired) electrons. The Bertz CT molecular complexity index is 325. The first-order valence-electron chi connectivity index (χ1n) is 6.48. The fourth-order valence-electron chi connectivity index (χ4n) is 2.79. The highest BCUT2D eigenvalue weighted by atomic mass is 35.5. The van der Waals surface area contributed by atoms with Crippen LogP contribution < -0.4 is 5.84 Å². The molecule has 1 aliphatic carbocycles. The van der Waals surface area contributed by atoms with Crippen molar-refractivity contribution >= 4 is 18.4 Å². The number of hydrazine groups is 1. The highest BCUT2D eigenvalue weighted by Crippen LogP contribution is 2.24. The average molecular weight is 273 g/mol. The number of likely N-dealkylation sites (tertiary alicyclic amines) is 1. The normalized spacial score (nSPS) is 24.2. The van der Waals surface area contributed by atoms with Gasteiger partial charge in [-0.25, -0.2) is 10.6 Å². The number of hydrogen-bond acceptors (Lipinski definition) is 3. The molecular weight excluding hydrogens is 252 g/mol. The van der Waals surface area contributed by atoms with E-state index in [4.69, 9.17) is 11.1 Å². The van der Waals surface area contributed by atoms with Crippen LogP contribution in [-0.2, 0) is 0 Å². The van der Waals surface area contributed by atoms with Crippen molar-refractivity contribution in [2.24, 2.45) is 5.84 Å². The van der Waals surface area contributed by atoms with Gasteiger partial charge in [0.2, 0.25) is 0 Å². The molecule has 5 nitrogen and oxygen atoms in total. The molecule has 2 aliphatic rings. The Morgan fingerprint density at radius 1 is 1.22 bits per heavy atom. The number of nitrogens with zero attached hydrogens (tertiary/aromatic N) is 3. The van der Waals surface area contributed by atoms with Crippen molar-refractivity contribution in [1.29, 1.82) is 5.26 Å². The predicted molar refractivity (Wildman–Crippen MR) is 70.9 cm³/mol. The van der Waals surface area contributed by atoms with Crippen LogP contribution in [-0.4, -0.2) is 34.6 Å². The van der Waals surface area contributed by atoms with Crippen LogP contribution in [0.1, 0.15) is 44.9 Å². The van der Waals surface area contributed by atoms with Gasteiger partial charge in [-0.15, -0.1) is 12.4 Å². The van der Waals surface area contributed by atoms with Crippen LogP contribution in [0, 0.1) is 11.3 Å². The minimum Gasteiger partial charge on any atom is -0.308 e. The Kier molecular flexibility index (Phi) is 5.70. The van der Waals surface area contributed by atoms with Gasteiger partial charge >= 0.3 is 6.03 Å². The zero-order valence-corrected chi connectivity index (χ0v) is 11.4. The second kappa shape index (κ2) is 6.81. The summed E-state index contributed by atoms with van der Waals surface area (Å²) in [4.78, 5) is 13.8. The van der Waals surface area contributed by atoms with Gasteiger partial charge in [-0.1, -0.05) is 19.3 Å². The third-order valence-electron chi connectivity index (χ3n) is 3.84. The molecule has 0 bridgehead atoms. The lowest BCUT2D eigenvalue weighted by atomic mass is 9.95. The molecule has 0 spiro atoms. The minimum absolute atomic E-state index is 0. The maximum absolute atomic E-state index is 12.2. The molecule has 1 aliphatic heterocycles. The van der Waals surface area contributed by atoms with Gasteiger partial charge in [-0.2, -0.15) is 5.26 Å². The highest BCUT2D eigenvalue weighted by Gasteiger charge is 2.33. The molecule has 1 heterocycles. The van der Waals surface area contributed by atoms with Crippen LogP contribution in [0.15, 0.2) is 0 Å². The van der Waals surface area contributed by atoms with E-state index in [-0.39, 0.29) is 30.5 Å². The van der Waals surface area contributed by atoms with E-state index < -0.39 is 0 Å². The lowest BCUT2D eigenvalue weighted by Gasteiger charge is -2.34. The van der Waals surface area contributed by atoms with Crippen molar-refractivity contribution in [3.8, 4) is 6.07 Å². The molecule has 1 atom stereocenters. The summed E-state index contributed by atoms with van der Waals surface area (Å²) in [5.41, 5.74) is 0. The Balaban J connectivity index is 0.00000162. The van der Waals surface area contributed by atoms with Crippen molar-refractivity contribution in [3.63, 3.8) is 0 Å². The van der Waals surface area contributed by atoms with Crippen molar-refractivity contribution in [3.05, 3.63) is 0 Å². The summed E-state index contributed by atoms with van der Waals surface area (Å²) in [5, 5.41) is 10.3. The topological polar surface area (TPSA) is 73.4 Å². The average Bonchev–Trinajstić information content (AvgIpc) is 2.86. The number of nitriles is 1. The summed E-state index contributed by atoms with van der Waals surface area (Å²) in [6.45, 7) is 0.664. The molecule has 0 aromatic rings. The second-order valence-electron chi connectivity index (χ2n) is 4.96. The number of carbonyl (C=O) groups is 1. The number of amides is 2. The summed E-state index contributed by atoms with van der Waals surface area (Å²) in [6, 6.07) is 1.89. The van der Waals surface area contributed by atoms with Gasteiger partial charge in [-0.3, -0.25) is 5.01 Å². The predicted octanol–water partition coefficient (Wildman–Crippen LogP) is 2.02. The molecule has 1 unspecified atom stereocenters. The van der Waals surface area contributed by atoms with Gasteiger partial charge < -0.3 is 4.90 Å². The van der Waals surface area contributed by atoms with Gasteiger partial charge in [0.25, 0.3) is 0 Å². The molecule has 0 aromatic carbocycles. The molecule has 6 heteroatoms. The molecule has 1 saturated carbocycles. The molecule has 2 fully saturated rings. The Hall–Kier alpha value is -0.990. The molecule has 2 rings (SSSR count). The third kappa shape index (κ3) is 3.06. The zero-order chi connectivity index (χ0) is 12.3. The molecular formula is C12H21ClN4O. The van der Waals surface area contributed by atoms with Crippen LogP contribution in [0.25, 0.3) is 0 Å². The van der Waals surface area contributed by atoms with E-state index in [2.05, 4.69) is 6.07 Å². The Morgan fingerprint density at radius 3 is 2.50 bits per heavy atom. The minimum atomic E-state index is -0.280. The fourth-order valence-corrected chi connectivity index (χ4v) is 2.79. The number of nitrogens with two attached hydrogens (primary N) is 1. The van der Waals surface area contributed by atoms with Crippen LogP contribution in [0.3, 0.4) is 0 Å². The van der Waals surface area contributed by atoms with Crippen LogP contribution in [0.2, 0.25) is 0 Å². The van der Waals surface area contributed by atoms with E-state index in [1.165, 1.54) is 11.4 Å². The lowest BCUT2D eigenvalue weighted by molar-refractivity contribution is 0.122. The Labute approximate surface area is 114 Å². The van der Waals surface area contributed by atoms with Crippen LogP contribution >= 0.6 is 12.4 Å². The van der Waals surface area contributed by atoms with Crippen molar-refractivity contribution in [2.75, 3.05) is 6.54 Å². The van der Waals surface area contributed by atoms with Gasteiger partial charge in [0, 0.05) is 12.6 Å². The first kappa shape index (κ1) is 15.1. The number of hydrogen-bond donors (Lipinski definition) is 1. The maximum atomic E-state index is 12.2. The van der Waals surface area contributed by atoms with Crippen molar-refractivity contribution < 1.29 is 4.79 Å². The number of rotatable bonds is 1. The molecule has 2 amide bonds. The largest absolute Gasteiger partial charge is 0.335 e. The third-order valence-corrected chi connectivity index (χ3v) is 3.84. The molecule has 102 valence electrons. The molecule has 1 saturated heterocycles. The van der Waals surface area contributed by atoms with Crippen molar-refractivity contribution in [2.45, 2.75) is 57.0 Å². The lowest BCUT2D eigenvalue weighted by Crippen LogP contribution is -2.53. The smallest absolute Gasteiger partial charge is 0.308 e. The molecule has 18 heavy (non-hydrogen) atoms. The van der Waals surface area contributed by atoms with Gasteiger partial charge in [0.15, 0.2) is 0 Å². The quantitative estimate of drug-likeness (QED) is 0.451. The summed E-state index contributed by atoms with van der Waals surface area (Å²) in [5.74, 6) is 5.92. The summed E-state index contributed by atoms with van der Waals surface area (Å²) in [7, 11) is 0. The highest BCUT2D eigenvalue weighted by molar-refractivity contribution is 5.85. The van der Waals surface area contributed by atoms with E-state index in [1.54, 1.807) is 4.90 Å². The fraction of sp³-hybridized carbons (Fsp3) is 0.833. The number of carbonyl (C=O) groups excluding carboxylic acids is 1. The van der Waals surface area contributed by atoms with E-state index in [1.807, 2.05) is 0 Å². The first-order valence-corrected chi connectivity index (χ1v) is 6.48. The van der Waals surface area contributed by atoms with E-state index in [0.717, 1.165) is 38.5 Å². The number of halogens is 1. The van der Waals surface area contributed by atoms with Gasteiger partial charge in [0.05, 0.1) is 6.07 Å². The van der Waals surface area contributed by atoms with Crippen LogP contribution in [0.4, 0.5) is 4.79 Å². The monoisotopic (exact) mass is 272 g/mol. The van der Waals surface area contributed by atoms with Gasteiger partial charge in [-0.05, 0) is 25.7 Å². The van der Waals surface area contributed by atoms with Crippen LogP contribution in [0.5, 0.6) is 0 Å². The molecule has 0 aromatic heterocycles. The zero-order valence-electron chi connectivity index (χ0n) is 10.5. The molecule has 2 N–H and O–H groups in total. The van der Waals surface area contributed by atoms with Gasteiger partial charge in [0.1, 0.15) is 6.04 Å².